The average molecular weight is 184 g/mol. The Kier molecular flexibility index (Phi) is 4.20. The van der Waals surface area contributed by atoms with E-state index < -0.39 is 0 Å². The molecule has 0 radical (unpaired) electrons. The number of hydrogen-bond acceptors (Lipinski definition) is 2. The summed E-state index contributed by atoms with van der Waals surface area (Å²) in [6.07, 6.45) is 2.84. The first-order valence-corrected chi connectivity index (χ1v) is 5.54. The first-order chi connectivity index (χ1) is 6.13. The number of likely N-dealkylation sites (N-methyl/N-ethyl adjacent to an activating group) is 1. The molecule has 1 fully saturated rings. The summed E-state index contributed by atoms with van der Waals surface area (Å²) >= 11 is 0. The van der Waals surface area contributed by atoms with Gasteiger partial charge in [0.25, 0.3) is 0 Å². The second kappa shape index (κ2) is 4.97. The van der Waals surface area contributed by atoms with Crippen LogP contribution in [0.3, 0.4) is 0 Å². The van der Waals surface area contributed by atoms with Crippen molar-refractivity contribution in [3.8, 4) is 0 Å². The molecular weight excluding hydrogens is 160 g/mol. The van der Waals surface area contributed by atoms with E-state index in [-0.39, 0.29) is 0 Å². The molecule has 78 valence electrons. The van der Waals surface area contributed by atoms with Crippen molar-refractivity contribution >= 4 is 0 Å². The molecule has 0 aromatic carbocycles. The van der Waals surface area contributed by atoms with Crippen LogP contribution in [0.5, 0.6) is 0 Å². The molecule has 0 aliphatic heterocycles. The summed E-state index contributed by atoms with van der Waals surface area (Å²) < 4.78 is 0. The molecule has 1 aliphatic carbocycles. The predicted octanol–water partition coefficient (Wildman–Crippen LogP) is 1.71. The van der Waals surface area contributed by atoms with Gasteiger partial charge < -0.3 is 5.32 Å². The predicted molar refractivity (Wildman–Crippen MR) is 58.0 cm³/mol. The van der Waals surface area contributed by atoms with Gasteiger partial charge in [0, 0.05) is 25.2 Å². The molecule has 2 heteroatoms. The first kappa shape index (κ1) is 11.0. The van der Waals surface area contributed by atoms with Gasteiger partial charge in [0.05, 0.1) is 0 Å². The number of nitrogens with one attached hydrogen (secondary N) is 1. The largest absolute Gasteiger partial charge is 0.316 e. The Hall–Kier alpha value is -0.0800. The van der Waals surface area contributed by atoms with Crippen molar-refractivity contribution < 1.29 is 0 Å². The highest BCUT2D eigenvalue weighted by atomic mass is 15.2. The third kappa shape index (κ3) is 4.10. The lowest BCUT2D eigenvalue weighted by molar-refractivity contribution is 0.216. The minimum Gasteiger partial charge on any atom is -0.316 e. The maximum atomic E-state index is 3.31. The number of hydrogen-bond donors (Lipinski definition) is 1. The molecular formula is C11H24N2. The van der Waals surface area contributed by atoms with Gasteiger partial charge in [0.1, 0.15) is 0 Å². The van der Waals surface area contributed by atoms with Crippen molar-refractivity contribution in [3.63, 3.8) is 0 Å². The summed E-state index contributed by atoms with van der Waals surface area (Å²) in [5, 5.41) is 3.31. The minimum absolute atomic E-state index is 0.624. The molecule has 1 atom stereocenters. The molecule has 0 saturated heterocycles. The van der Waals surface area contributed by atoms with E-state index in [2.05, 4.69) is 31.0 Å². The van der Waals surface area contributed by atoms with Gasteiger partial charge in [0.15, 0.2) is 0 Å². The summed E-state index contributed by atoms with van der Waals surface area (Å²) in [7, 11) is 2.05. The second-order valence-electron chi connectivity index (χ2n) is 4.77. The molecule has 0 spiro atoms. The van der Waals surface area contributed by atoms with Gasteiger partial charge in [-0.15, -0.1) is 0 Å². The lowest BCUT2D eigenvalue weighted by Gasteiger charge is -2.26. The van der Waals surface area contributed by atoms with Crippen molar-refractivity contribution in [1.82, 2.24) is 10.2 Å². The van der Waals surface area contributed by atoms with E-state index in [9.17, 15) is 0 Å². The Morgan fingerprint density at radius 3 is 2.23 bits per heavy atom. The van der Waals surface area contributed by atoms with Crippen molar-refractivity contribution in [3.05, 3.63) is 0 Å². The Bertz CT molecular complexity index is 141. The van der Waals surface area contributed by atoms with Gasteiger partial charge in [0.2, 0.25) is 0 Å². The molecule has 0 heterocycles. The summed E-state index contributed by atoms with van der Waals surface area (Å²) in [4.78, 5) is 2.64. The number of nitrogens with zero attached hydrogens (tertiary/aromatic N) is 1. The zero-order valence-electron chi connectivity index (χ0n) is 9.51. The van der Waals surface area contributed by atoms with Crippen molar-refractivity contribution in [2.24, 2.45) is 5.92 Å². The van der Waals surface area contributed by atoms with E-state index in [0.29, 0.717) is 6.04 Å². The van der Waals surface area contributed by atoms with Gasteiger partial charge in [-0.05, 0) is 32.7 Å². The van der Waals surface area contributed by atoms with Crippen LogP contribution in [-0.4, -0.2) is 37.1 Å². The molecule has 1 rings (SSSR count). The van der Waals surface area contributed by atoms with Crippen LogP contribution in [0.2, 0.25) is 0 Å². The van der Waals surface area contributed by atoms with Crippen LogP contribution < -0.4 is 5.32 Å². The van der Waals surface area contributed by atoms with Crippen molar-refractivity contribution in [2.75, 3.05) is 20.1 Å². The minimum atomic E-state index is 0.624. The topological polar surface area (TPSA) is 15.3 Å². The van der Waals surface area contributed by atoms with Gasteiger partial charge in [-0.1, -0.05) is 13.8 Å². The second-order valence-corrected chi connectivity index (χ2v) is 4.77. The average Bonchev–Trinajstić information content (AvgIpc) is 2.84. The van der Waals surface area contributed by atoms with E-state index in [1.54, 1.807) is 0 Å². The highest BCUT2D eigenvalue weighted by Gasteiger charge is 2.29. The third-order valence-electron chi connectivity index (χ3n) is 2.66. The Labute approximate surface area is 82.7 Å². The lowest BCUT2D eigenvalue weighted by Crippen LogP contribution is -2.40. The molecule has 0 aromatic rings. The maximum Gasteiger partial charge on any atom is 0.0163 e. The van der Waals surface area contributed by atoms with Crippen LogP contribution in [0, 0.1) is 5.92 Å². The third-order valence-corrected chi connectivity index (χ3v) is 2.66. The van der Waals surface area contributed by atoms with Gasteiger partial charge in [-0.25, -0.2) is 0 Å². The standard InChI is InChI=1S/C11H24N2/c1-9(2)7-13(11-5-6-11)8-10(3)12-4/h9-12H,5-8H2,1-4H3. The highest BCUT2D eigenvalue weighted by molar-refractivity contribution is 4.86. The van der Waals surface area contributed by atoms with Crippen LogP contribution in [0.25, 0.3) is 0 Å². The highest BCUT2D eigenvalue weighted by Crippen LogP contribution is 2.27. The molecule has 2 nitrogen and oxygen atoms in total. The molecule has 0 aromatic heterocycles. The Morgan fingerprint density at radius 1 is 1.23 bits per heavy atom. The van der Waals surface area contributed by atoms with Gasteiger partial charge >= 0.3 is 0 Å². The van der Waals surface area contributed by atoms with Gasteiger partial charge in [-0.2, -0.15) is 0 Å². The first-order valence-electron chi connectivity index (χ1n) is 5.54. The SMILES string of the molecule is CNC(C)CN(CC(C)C)C1CC1. The Balaban J connectivity index is 2.29. The lowest BCUT2D eigenvalue weighted by atomic mass is 10.2. The smallest absolute Gasteiger partial charge is 0.0163 e. The van der Waals surface area contributed by atoms with Crippen LogP contribution in [0.4, 0.5) is 0 Å². The van der Waals surface area contributed by atoms with Crippen molar-refractivity contribution in [1.29, 1.82) is 0 Å². The summed E-state index contributed by atoms with van der Waals surface area (Å²) in [6.45, 7) is 9.34. The maximum absolute atomic E-state index is 3.31. The number of rotatable bonds is 6. The van der Waals surface area contributed by atoms with E-state index in [1.807, 2.05) is 7.05 Å². The summed E-state index contributed by atoms with van der Waals surface area (Å²) in [5.74, 6) is 0.796. The van der Waals surface area contributed by atoms with E-state index in [4.69, 9.17) is 0 Å². The molecule has 13 heavy (non-hydrogen) atoms. The molecule has 0 amide bonds. The zero-order chi connectivity index (χ0) is 9.84. The monoisotopic (exact) mass is 184 g/mol. The normalized spacial score (nSPS) is 19.8. The molecule has 0 bridgehead atoms. The fourth-order valence-electron chi connectivity index (χ4n) is 1.72. The fourth-order valence-corrected chi connectivity index (χ4v) is 1.72. The molecule has 1 unspecified atom stereocenters. The van der Waals surface area contributed by atoms with Crippen molar-refractivity contribution in [2.45, 2.75) is 45.7 Å². The zero-order valence-corrected chi connectivity index (χ0v) is 9.51. The molecule has 1 N–H and O–H groups in total. The van der Waals surface area contributed by atoms with Crippen LogP contribution in [-0.2, 0) is 0 Å². The fraction of sp³-hybridized carbons (Fsp3) is 1.00. The van der Waals surface area contributed by atoms with Crippen LogP contribution >= 0.6 is 0 Å². The molecule has 1 saturated carbocycles. The quantitative estimate of drug-likeness (QED) is 0.676. The van der Waals surface area contributed by atoms with E-state index in [1.165, 1.54) is 25.9 Å². The van der Waals surface area contributed by atoms with E-state index >= 15 is 0 Å². The summed E-state index contributed by atoms with van der Waals surface area (Å²) in [5.41, 5.74) is 0. The van der Waals surface area contributed by atoms with E-state index in [0.717, 1.165) is 12.0 Å². The summed E-state index contributed by atoms with van der Waals surface area (Å²) in [6, 6.07) is 1.53. The van der Waals surface area contributed by atoms with Gasteiger partial charge in [-0.3, -0.25) is 4.90 Å². The van der Waals surface area contributed by atoms with Crippen LogP contribution in [0.15, 0.2) is 0 Å². The molecule has 1 aliphatic rings. The Morgan fingerprint density at radius 2 is 1.85 bits per heavy atom. The van der Waals surface area contributed by atoms with Crippen LogP contribution in [0.1, 0.15) is 33.6 Å².